The Bertz CT molecular complexity index is 1070. The monoisotopic (exact) mass is 386 g/mol. The van der Waals surface area contributed by atoms with Gasteiger partial charge in [-0.2, -0.15) is 5.26 Å². The molecule has 2 aromatic carbocycles. The summed E-state index contributed by atoms with van der Waals surface area (Å²) >= 11 is 0. The van der Waals surface area contributed by atoms with E-state index in [2.05, 4.69) is 21.4 Å². The molecular weight excluding hydrogens is 364 g/mol. The highest BCUT2D eigenvalue weighted by Crippen LogP contribution is 2.20. The highest BCUT2D eigenvalue weighted by Gasteiger charge is 2.24. The van der Waals surface area contributed by atoms with Gasteiger partial charge in [0.25, 0.3) is 5.91 Å². The Balaban J connectivity index is 1.38. The normalized spacial score (nSPS) is 16.0. The molecule has 0 bridgehead atoms. The van der Waals surface area contributed by atoms with E-state index in [0.29, 0.717) is 30.0 Å². The van der Waals surface area contributed by atoms with E-state index in [1.165, 1.54) is 6.33 Å². The highest BCUT2D eigenvalue weighted by molar-refractivity contribution is 5.94. The van der Waals surface area contributed by atoms with Crippen molar-refractivity contribution in [3.05, 3.63) is 65.5 Å². The third-order valence-electron chi connectivity index (χ3n) is 5.18. The second-order valence-electron chi connectivity index (χ2n) is 7.24. The molecule has 0 spiro atoms. The number of nitriles is 1. The standard InChI is InChI=1S/C22H22N6O/c23-12-16-3-6-20-19(11-16)21(27-14-26-20)25-9-7-15-1-4-17(5-2-15)22(29)28-10-8-18(24)13-28/h1-6,11,14,18H,7-10,13,24H2,(H,25,26,27). The molecular formula is C22H22N6O. The molecule has 1 aliphatic rings. The fourth-order valence-corrected chi connectivity index (χ4v) is 3.56. The molecule has 7 heteroatoms. The van der Waals surface area contributed by atoms with E-state index >= 15 is 0 Å². The number of nitrogens with two attached hydrogens (primary N) is 1. The van der Waals surface area contributed by atoms with Crippen LogP contribution in [0.2, 0.25) is 0 Å². The molecule has 0 aliphatic carbocycles. The molecule has 146 valence electrons. The summed E-state index contributed by atoms with van der Waals surface area (Å²) in [4.78, 5) is 22.9. The van der Waals surface area contributed by atoms with Crippen molar-refractivity contribution in [1.82, 2.24) is 14.9 Å². The zero-order valence-corrected chi connectivity index (χ0v) is 16.0. The number of benzene rings is 2. The van der Waals surface area contributed by atoms with Gasteiger partial charge in [-0.3, -0.25) is 4.79 Å². The maximum Gasteiger partial charge on any atom is 0.253 e. The summed E-state index contributed by atoms with van der Waals surface area (Å²) in [7, 11) is 0. The fourth-order valence-electron chi connectivity index (χ4n) is 3.56. The average molecular weight is 386 g/mol. The predicted molar refractivity (Wildman–Crippen MR) is 111 cm³/mol. The van der Waals surface area contributed by atoms with E-state index < -0.39 is 0 Å². The molecule has 4 rings (SSSR count). The van der Waals surface area contributed by atoms with Crippen LogP contribution in [0.5, 0.6) is 0 Å². The molecule has 3 N–H and O–H groups in total. The number of hydrogen-bond donors (Lipinski definition) is 2. The Morgan fingerprint density at radius 3 is 2.79 bits per heavy atom. The highest BCUT2D eigenvalue weighted by atomic mass is 16.2. The molecule has 1 unspecified atom stereocenters. The summed E-state index contributed by atoms with van der Waals surface area (Å²) in [6.07, 6.45) is 3.16. The lowest BCUT2D eigenvalue weighted by molar-refractivity contribution is 0.0791. The van der Waals surface area contributed by atoms with Gasteiger partial charge in [-0.05, 0) is 48.7 Å². The minimum Gasteiger partial charge on any atom is -0.369 e. The number of carbonyl (C=O) groups is 1. The summed E-state index contributed by atoms with van der Waals surface area (Å²) in [6, 6.07) is 15.3. The summed E-state index contributed by atoms with van der Waals surface area (Å²) in [5, 5.41) is 13.3. The average Bonchev–Trinajstić information content (AvgIpc) is 3.20. The number of amides is 1. The zero-order valence-electron chi connectivity index (χ0n) is 16.0. The molecule has 29 heavy (non-hydrogen) atoms. The van der Waals surface area contributed by atoms with E-state index in [-0.39, 0.29) is 11.9 Å². The lowest BCUT2D eigenvalue weighted by Gasteiger charge is -2.16. The lowest BCUT2D eigenvalue weighted by atomic mass is 10.1. The van der Waals surface area contributed by atoms with Gasteiger partial charge in [-0.1, -0.05) is 12.1 Å². The second kappa shape index (κ2) is 8.25. The van der Waals surface area contributed by atoms with Gasteiger partial charge in [0, 0.05) is 36.6 Å². The molecule has 1 atom stereocenters. The zero-order chi connectivity index (χ0) is 20.2. The Hall–Kier alpha value is -3.50. The van der Waals surface area contributed by atoms with Gasteiger partial charge >= 0.3 is 0 Å². The van der Waals surface area contributed by atoms with Crippen molar-refractivity contribution in [3.8, 4) is 6.07 Å². The number of carbonyl (C=O) groups excluding carboxylic acids is 1. The molecule has 7 nitrogen and oxygen atoms in total. The van der Waals surface area contributed by atoms with Gasteiger partial charge in [0.15, 0.2) is 0 Å². The first-order chi connectivity index (χ1) is 14.1. The minimum atomic E-state index is 0.0448. The van der Waals surface area contributed by atoms with Crippen LogP contribution in [0.1, 0.15) is 27.9 Å². The molecule has 0 saturated carbocycles. The van der Waals surface area contributed by atoms with Gasteiger partial charge in [0.2, 0.25) is 0 Å². The topological polar surface area (TPSA) is 108 Å². The third kappa shape index (κ3) is 4.18. The SMILES string of the molecule is N#Cc1ccc2ncnc(NCCc3ccc(C(=O)N4CCC(N)C4)cc3)c2c1. The van der Waals surface area contributed by atoms with E-state index in [4.69, 9.17) is 11.0 Å². The van der Waals surface area contributed by atoms with Crippen molar-refractivity contribution in [2.45, 2.75) is 18.9 Å². The molecule has 3 aromatic rings. The number of fused-ring (bicyclic) bond motifs is 1. The minimum absolute atomic E-state index is 0.0448. The molecule has 1 aliphatic heterocycles. The van der Waals surface area contributed by atoms with Crippen molar-refractivity contribution >= 4 is 22.6 Å². The fraction of sp³-hybridized carbons (Fsp3) is 0.273. The first-order valence-corrected chi connectivity index (χ1v) is 9.66. The number of rotatable bonds is 5. The van der Waals surface area contributed by atoms with Crippen LogP contribution in [0.3, 0.4) is 0 Å². The molecule has 1 fully saturated rings. The van der Waals surface area contributed by atoms with E-state index in [9.17, 15) is 4.79 Å². The molecule has 1 aromatic heterocycles. The Kier molecular flexibility index (Phi) is 5.36. The van der Waals surface area contributed by atoms with Crippen molar-refractivity contribution in [2.24, 2.45) is 5.73 Å². The van der Waals surface area contributed by atoms with Crippen molar-refractivity contribution in [1.29, 1.82) is 5.26 Å². The summed E-state index contributed by atoms with van der Waals surface area (Å²) in [6.45, 7) is 2.04. The van der Waals surface area contributed by atoms with Crippen molar-refractivity contribution in [3.63, 3.8) is 0 Å². The van der Waals surface area contributed by atoms with E-state index in [1.807, 2.05) is 35.2 Å². The number of nitrogens with one attached hydrogen (secondary N) is 1. The molecule has 1 amide bonds. The van der Waals surface area contributed by atoms with E-state index in [1.54, 1.807) is 12.1 Å². The Morgan fingerprint density at radius 1 is 1.24 bits per heavy atom. The van der Waals surface area contributed by atoms with Crippen molar-refractivity contribution < 1.29 is 4.79 Å². The van der Waals surface area contributed by atoms with Crippen molar-refractivity contribution in [2.75, 3.05) is 25.0 Å². The van der Waals surface area contributed by atoms with Gasteiger partial charge in [-0.15, -0.1) is 0 Å². The first-order valence-electron chi connectivity index (χ1n) is 9.66. The summed E-state index contributed by atoms with van der Waals surface area (Å²) in [5.41, 5.74) is 9.09. The van der Waals surface area contributed by atoms with Gasteiger partial charge < -0.3 is 16.0 Å². The third-order valence-corrected chi connectivity index (χ3v) is 5.18. The van der Waals surface area contributed by atoms with Crippen LogP contribution >= 0.6 is 0 Å². The molecule has 2 heterocycles. The summed E-state index contributed by atoms with van der Waals surface area (Å²) < 4.78 is 0. The smallest absolute Gasteiger partial charge is 0.253 e. The first kappa shape index (κ1) is 18.8. The lowest BCUT2D eigenvalue weighted by Crippen LogP contribution is -2.31. The van der Waals surface area contributed by atoms with Crippen LogP contribution in [0, 0.1) is 11.3 Å². The van der Waals surface area contributed by atoms with Crippen LogP contribution in [0.15, 0.2) is 48.8 Å². The number of anilines is 1. The van der Waals surface area contributed by atoms with Gasteiger partial charge in [-0.25, -0.2) is 9.97 Å². The van der Waals surface area contributed by atoms with Gasteiger partial charge in [0.1, 0.15) is 12.1 Å². The molecule has 0 radical (unpaired) electrons. The maximum atomic E-state index is 12.5. The number of aromatic nitrogens is 2. The van der Waals surface area contributed by atoms with Crippen LogP contribution < -0.4 is 11.1 Å². The number of likely N-dealkylation sites (tertiary alicyclic amines) is 1. The Morgan fingerprint density at radius 2 is 2.07 bits per heavy atom. The van der Waals surface area contributed by atoms with Crippen LogP contribution in [-0.2, 0) is 6.42 Å². The predicted octanol–water partition coefficient (Wildman–Crippen LogP) is 2.33. The van der Waals surface area contributed by atoms with Crippen LogP contribution in [0.25, 0.3) is 10.9 Å². The maximum absolute atomic E-state index is 12.5. The number of hydrogen-bond acceptors (Lipinski definition) is 6. The van der Waals surface area contributed by atoms with E-state index in [0.717, 1.165) is 35.9 Å². The largest absolute Gasteiger partial charge is 0.369 e. The summed E-state index contributed by atoms with van der Waals surface area (Å²) in [5.74, 6) is 0.757. The Labute approximate surface area is 169 Å². The number of nitrogens with zero attached hydrogens (tertiary/aromatic N) is 4. The van der Waals surface area contributed by atoms with Gasteiger partial charge in [0.05, 0.1) is 17.1 Å². The molecule has 1 saturated heterocycles. The second-order valence-corrected chi connectivity index (χ2v) is 7.24. The quantitative estimate of drug-likeness (QED) is 0.697. The van der Waals surface area contributed by atoms with Crippen LogP contribution in [-0.4, -0.2) is 46.5 Å². The van der Waals surface area contributed by atoms with Crippen LogP contribution in [0.4, 0.5) is 5.82 Å².